The van der Waals surface area contributed by atoms with E-state index in [0.717, 1.165) is 16.0 Å². The van der Waals surface area contributed by atoms with Gasteiger partial charge in [-0.3, -0.25) is 9.20 Å². The smallest absolute Gasteiger partial charge is 0.420 e. The van der Waals surface area contributed by atoms with Crippen LogP contribution in [0, 0.1) is 0 Å². The second kappa shape index (κ2) is 8.67. The van der Waals surface area contributed by atoms with Crippen LogP contribution in [0.2, 0.25) is 10.2 Å². The number of rotatable bonds is 3. The van der Waals surface area contributed by atoms with Gasteiger partial charge >= 0.3 is 6.18 Å². The van der Waals surface area contributed by atoms with Crippen LogP contribution < -0.4 is 0 Å². The largest absolute Gasteiger partial charge is 0.472 e. The number of pyridine rings is 1. The van der Waals surface area contributed by atoms with E-state index >= 15 is 0 Å². The van der Waals surface area contributed by atoms with Crippen LogP contribution in [0.3, 0.4) is 0 Å². The number of fused-ring (bicyclic) bond motifs is 1. The summed E-state index contributed by atoms with van der Waals surface area (Å²) in [5, 5.41) is 0.521. The van der Waals surface area contributed by atoms with Gasteiger partial charge < -0.3 is 9.32 Å². The van der Waals surface area contributed by atoms with Gasteiger partial charge in [0.25, 0.3) is 5.91 Å². The number of hydrogen-bond donors (Lipinski definition) is 0. The lowest BCUT2D eigenvalue weighted by Gasteiger charge is -2.32. The second-order valence-electron chi connectivity index (χ2n) is 8.19. The first-order valence-corrected chi connectivity index (χ1v) is 11.3. The zero-order valence-corrected chi connectivity index (χ0v) is 19.2. The Balaban J connectivity index is 1.47. The van der Waals surface area contributed by atoms with Crippen molar-refractivity contribution in [2.24, 2.45) is 0 Å². The van der Waals surface area contributed by atoms with E-state index < -0.39 is 23.3 Å². The normalized spacial score (nSPS) is 15.3. The molecule has 4 aromatic rings. The van der Waals surface area contributed by atoms with E-state index in [1.165, 1.54) is 18.7 Å². The Bertz CT molecular complexity index is 1360. The van der Waals surface area contributed by atoms with Crippen LogP contribution >= 0.6 is 23.2 Å². The van der Waals surface area contributed by atoms with Gasteiger partial charge in [-0.05, 0) is 42.5 Å². The highest BCUT2D eigenvalue weighted by Gasteiger charge is 2.37. The highest BCUT2D eigenvalue weighted by molar-refractivity contribution is 6.33. The molecule has 1 fully saturated rings. The summed E-state index contributed by atoms with van der Waals surface area (Å²) in [4.78, 5) is 18.8. The summed E-state index contributed by atoms with van der Waals surface area (Å²) < 4.78 is 47.6. The van der Waals surface area contributed by atoms with E-state index in [1.807, 2.05) is 24.3 Å². The molecular formula is C24H18Cl2F3N3O2. The fourth-order valence-corrected chi connectivity index (χ4v) is 4.94. The van der Waals surface area contributed by atoms with E-state index in [2.05, 4.69) is 4.98 Å². The van der Waals surface area contributed by atoms with Crippen LogP contribution in [0.5, 0.6) is 0 Å². The molecule has 4 heterocycles. The number of imidazole rings is 1. The minimum Gasteiger partial charge on any atom is -0.472 e. The van der Waals surface area contributed by atoms with Crippen molar-refractivity contribution in [2.45, 2.75) is 24.9 Å². The van der Waals surface area contributed by atoms with Gasteiger partial charge in [-0.25, -0.2) is 4.98 Å². The lowest BCUT2D eigenvalue weighted by atomic mass is 9.89. The minimum absolute atomic E-state index is 0.163. The van der Waals surface area contributed by atoms with Gasteiger partial charge in [0, 0.05) is 35.4 Å². The van der Waals surface area contributed by atoms with Crippen molar-refractivity contribution >= 4 is 34.8 Å². The van der Waals surface area contributed by atoms with E-state index in [1.54, 1.807) is 11.0 Å². The summed E-state index contributed by atoms with van der Waals surface area (Å²) in [7, 11) is 0. The number of hydrogen-bond acceptors (Lipinski definition) is 3. The van der Waals surface area contributed by atoms with E-state index in [9.17, 15) is 18.0 Å². The van der Waals surface area contributed by atoms with Crippen LogP contribution in [0.25, 0.3) is 16.8 Å². The summed E-state index contributed by atoms with van der Waals surface area (Å²) in [6.07, 6.45) is 0.789. The third-order valence-electron chi connectivity index (χ3n) is 6.15. The molecule has 1 aliphatic rings. The number of likely N-dealkylation sites (tertiary alicyclic amines) is 1. The molecule has 1 amide bonds. The fourth-order valence-electron chi connectivity index (χ4n) is 4.40. The number of carbonyl (C=O) groups excluding carboxylic acids is 1. The van der Waals surface area contributed by atoms with Crippen molar-refractivity contribution in [2.75, 3.05) is 13.1 Å². The standard InChI is InChI=1S/C24H18Cl2F3N3O2/c25-19-4-2-1-3-17(19)14-5-8-31(9-6-14)23(33)20-21(26)32-12-16(15-7-10-34-13-15)11-18(22(32)30-20)24(27,28)29/h1-4,7,10-14H,5-6,8-9H2. The van der Waals surface area contributed by atoms with Crippen molar-refractivity contribution in [1.29, 1.82) is 0 Å². The highest BCUT2D eigenvalue weighted by atomic mass is 35.5. The first kappa shape index (κ1) is 22.8. The monoisotopic (exact) mass is 507 g/mol. The summed E-state index contributed by atoms with van der Waals surface area (Å²) in [6.45, 7) is 0.844. The molecule has 34 heavy (non-hydrogen) atoms. The molecule has 0 N–H and O–H groups in total. The Labute approximate surface area is 202 Å². The van der Waals surface area contributed by atoms with Crippen molar-refractivity contribution in [3.8, 4) is 11.1 Å². The number of benzene rings is 1. The summed E-state index contributed by atoms with van der Waals surface area (Å²) in [5.74, 6) is -0.298. The number of piperidine rings is 1. The van der Waals surface area contributed by atoms with Crippen molar-refractivity contribution < 1.29 is 22.4 Å². The molecular weight excluding hydrogens is 490 g/mol. The molecule has 0 aliphatic carbocycles. The maximum Gasteiger partial charge on any atom is 0.420 e. The van der Waals surface area contributed by atoms with Crippen LogP contribution in [0.1, 0.15) is 40.4 Å². The Kier molecular flexibility index (Phi) is 5.81. The number of halogens is 5. The van der Waals surface area contributed by atoms with Crippen molar-refractivity contribution in [1.82, 2.24) is 14.3 Å². The number of carbonyl (C=O) groups is 1. The number of aromatic nitrogens is 2. The molecule has 5 nitrogen and oxygen atoms in total. The lowest BCUT2D eigenvalue weighted by molar-refractivity contribution is -0.136. The highest BCUT2D eigenvalue weighted by Crippen LogP contribution is 2.38. The molecule has 1 aromatic carbocycles. The molecule has 0 saturated carbocycles. The van der Waals surface area contributed by atoms with Gasteiger partial charge in [0.2, 0.25) is 0 Å². The third-order valence-corrected chi connectivity index (χ3v) is 6.86. The van der Waals surface area contributed by atoms with E-state index in [4.69, 9.17) is 27.6 Å². The predicted molar refractivity (Wildman–Crippen MR) is 122 cm³/mol. The first-order valence-electron chi connectivity index (χ1n) is 10.6. The average Bonchev–Trinajstić information content (AvgIpc) is 3.47. The SMILES string of the molecule is O=C(c1nc2c(C(F)(F)F)cc(-c3ccoc3)cn2c1Cl)N1CCC(c2ccccc2Cl)CC1. The molecule has 1 aliphatic heterocycles. The molecule has 0 atom stereocenters. The molecule has 0 radical (unpaired) electrons. The predicted octanol–water partition coefficient (Wildman–Crippen LogP) is 6.94. The number of nitrogens with zero attached hydrogens (tertiary/aromatic N) is 3. The Morgan fingerprint density at radius 1 is 1.09 bits per heavy atom. The molecule has 176 valence electrons. The topological polar surface area (TPSA) is 50.8 Å². The molecule has 3 aromatic heterocycles. The van der Waals surface area contributed by atoms with Gasteiger partial charge in [0.1, 0.15) is 5.15 Å². The van der Waals surface area contributed by atoms with Crippen LogP contribution in [0.15, 0.2) is 59.5 Å². The zero-order valence-electron chi connectivity index (χ0n) is 17.6. The summed E-state index contributed by atoms with van der Waals surface area (Å²) in [6, 6.07) is 10.1. The van der Waals surface area contributed by atoms with Gasteiger partial charge in [-0.1, -0.05) is 41.4 Å². The number of amides is 1. The lowest BCUT2D eigenvalue weighted by Crippen LogP contribution is -2.38. The molecule has 0 unspecified atom stereocenters. The van der Waals surface area contributed by atoms with Crippen LogP contribution in [-0.2, 0) is 6.18 Å². The molecule has 5 rings (SSSR count). The molecule has 0 bridgehead atoms. The number of alkyl halides is 3. The summed E-state index contributed by atoms with van der Waals surface area (Å²) >= 11 is 12.7. The van der Waals surface area contributed by atoms with Crippen molar-refractivity contribution in [3.63, 3.8) is 0 Å². The first-order chi connectivity index (χ1) is 16.2. The van der Waals surface area contributed by atoms with E-state index in [-0.39, 0.29) is 22.3 Å². The molecule has 0 spiro atoms. The Morgan fingerprint density at radius 3 is 2.47 bits per heavy atom. The van der Waals surface area contributed by atoms with Gasteiger partial charge in [0.05, 0.1) is 18.1 Å². The second-order valence-corrected chi connectivity index (χ2v) is 8.95. The third kappa shape index (κ3) is 4.05. The van der Waals surface area contributed by atoms with Gasteiger partial charge in [-0.2, -0.15) is 13.2 Å². The number of furan rings is 1. The quantitative estimate of drug-likeness (QED) is 0.301. The summed E-state index contributed by atoms with van der Waals surface area (Å²) in [5.41, 5.74) is 0.124. The van der Waals surface area contributed by atoms with Crippen LogP contribution in [0.4, 0.5) is 13.2 Å². The molecule has 10 heteroatoms. The maximum absolute atomic E-state index is 13.8. The molecule has 1 saturated heterocycles. The van der Waals surface area contributed by atoms with Crippen molar-refractivity contribution in [3.05, 3.63) is 82.1 Å². The Hall–Kier alpha value is -2.97. The zero-order chi connectivity index (χ0) is 24.0. The van der Waals surface area contributed by atoms with Crippen LogP contribution in [-0.4, -0.2) is 33.3 Å². The van der Waals surface area contributed by atoms with Gasteiger partial charge in [0.15, 0.2) is 11.3 Å². The van der Waals surface area contributed by atoms with Gasteiger partial charge in [-0.15, -0.1) is 0 Å². The average molecular weight is 508 g/mol. The minimum atomic E-state index is -4.69. The maximum atomic E-state index is 13.8. The fraction of sp³-hybridized carbons (Fsp3) is 0.250. The Morgan fingerprint density at radius 2 is 1.82 bits per heavy atom. The van der Waals surface area contributed by atoms with E-state index in [0.29, 0.717) is 36.5 Å².